The van der Waals surface area contributed by atoms with E-state index in [1.54, 1.807) is 12.1 Å². The van der Waals surface area contributed by atoms with E-state index in [1.807, 2.05) is 44.3 Å². The lowest BCUT2D eigenvalue weighted by Gasteiger charge is -2.17. The third-order valence-electron chi connectivity index (χ3n) is 4.01. The first kappa shape index (κ1) is 19.6. The number of amides is 1. The van der Waals surface area contributed by atoms with Gasteiger partial charge in [-0.15, -0.1) is 0 Å². The van der Waals surface area contributed by atoms with Crippen molar-refractivity contribution in [3.63, 3.8) is 0 Å². The van der Waals surface area contributed by atoms with Gasteiger partial charge in [0.1, 0.15) is 6.61 Å². The molecule has 0 fully saturated rings. The average Bonchev–Trinajstić information content (AvgIpc) is 2.70. The van der Waals surface area contributed by atoms with Crippen molar-refractivity contribution in [2.24, 2.45) is 0 Å². The molecule has 140 valence electrons. The van der Waals surface area contributed by atoms with Gasteiger partial charge in [0.05, 0.1) is 14.2 Å². The molecule has 0 aliphatic heterocycles. The summed E-state index contributed by atoms with van der Waals surface area (Å²) >= 11 is 0. The summed E-state index contributed by atoms with van der Waals surface area (Å²) in [6.45, 7) is 2.88. The van der Waals surface area contributed by atoms with Crippen LogP contribution in [0.15, 0.2) is 42.5 Å². The van der Waals surface area contributed by atoms with Crippen LogP contribution in [0.4, 0.5) is 0 Å². The van der Waals surface area contributed by atoms with Crippen molar-refractivity contribution in [2.45, 2.75) is 19.6 Å². The molecule has 0 aliphatic carbocycles. The molecule has 0 aliphatic rings. The van der Waals surface area contributed by atoms with Crippen LogP contribution in [0.3, 0.4) is 0 Å². The summed E-state index contributed by atoms with van der Waals surface area (Å²) in [5.74, 6) is 1.18. The van der Waals surface area contributed by atoms with Gasteiger partial charge in [0.15, 0.2) is 11.5 Å². The minimum absolute atomic E-state index is 0.177. The third kappa shape index (κ3) is 5.13. The van der Waals surface area contributed by atoms with E-state index in [9.17, 15) is 4.79 Å². The lowest BCUT2D eigenvalue weighted by Crippen LogP contribution is -2.37. The molecular weight excluding hydrogens is 332 g/mol. The normalized spacial score (nSPS) is 11.5. The van der Waals surface area contributed by atoms with Crippen LogP contribution in [0.25, 0.3) is 0 Å². The van der Waals surface area contributed by atoms with Gasteiger partial charge in [0.2, 0.25) is 5.75 Å². The number of benzene rings is 2. The Labute approximate surface area is 154 Å². The molecule has 2 N–H and O–H groups in total. The van der Waals surface area contributed by atoms with E-state index in [0.29, 0.717) is 36.0 Å². The summed E-state index contributed by atoms with van der Waals surface area (Å²) in [6.07, 6.45) is 0. The fourth-order valence-corrected chi connectivity index (χ4v) is 2.33. The highest BCUT2D eigenvalue weighted by molar-refractivity contribution is 5.95. The van der Waals surface area contributed by atoms with Crippen LogP contribution in [-0.4, -0.2) is 39.8 Å². The predicted molar refractivity (Wildman–Crippen MR) is 101 cm³/mol. The van der Waals surface area contributed by atoms with Crippen molar-refractivity contribution >= 4 is 5.91 Å². The molecule has 2 rings (SSSR count). The van der Waals surface area contributed by atoms with E-state index in [-0.39, 0.29) is 11.9 Å². The molecule has 1 unspecified atom stereocenters. The van der Waals surface area contributed by atoms with Crippen LogP contribution < -0.4 is 24.8 Å². The van der Waals surface area contributed by atoms with Crippen LogP contribution in [-0.2, 0) is 6.61 Å². The molecule has 0 bridgehead atoms. The average molecular weight is 358 g/mol. The van der Waals surface area contributed by atoms with Gasteiger partial charge in [-0.05, 0) is 31.7 Å². The summed E-state index contributed by atoms with van der Waals surface area (Å²) in [5.41, 5.74) is 1.48. The number of rotatable bonds is 9. The maximum Gasteiger partial charge on any atom is 0.251 e. The van der Waals surface area contributed by atoms with Crippen molar-refractivity contribution in [3.05, 3.63) is 53.6 Å². The van der Waals surface area contributed by atoms with Crippen molar-refractivity contribution < 1.29 is 19.0 Å². The molecule has 2 aromatic carbocycles. The van der Waals surface area contributed by atoms with Crippen molar-refractivity contribution in [2.75, 3.05) is 27.8 Å². The van der Waals surface area contributed by atoms with E-state index in [2.05, 4.69) is 10.6 Å². The molecule has 0 aromatic heterocycles. The molecule has 1 atom stereocenters. The highest BCUT2D eigenvalue weighted by atomic mass is 16.5. The van der Waals surface area contributed by atoms with Gasteiger partial charge in [-0.2, -0.15) is 0 Å². The first-order valence-electron chi connectivity index (χ1n) is 8.47. The smallest absolute Gasteiger partial charge is 0.251 e. The number of hydrogen-bond acceptors (Lipinski definition) is 5. The van der Waals surface area contributed by atoms with Gasteiger partial charge in [0, 0.05) is 18.2 Å². The molecule has 0 saturated carbocycles. The van der Waals surface area contributed by atoms with Gasteiger partial charge in [-0.3, -0.25) is 4.79 Å². The second kappa shape index (κ2) is 9.68. The maximum absolute atomic E-state index is 12.4. The predicted octanol–water partition coefficient (Wildman–Crippen LogP) is 2.62. The highest BCUT2D eigenvalue weighted by Crippen LogP contribution is 2.39. The van der Waals surface area contributed by atoms with Crippen LogP contribution in [0.5, 0.6) is 17.2 Å². The summed E-state index contributed by atoms with van der Waals surface area (Å²) < 4.78 is 16.7. The van der Waals surface area contributed by atoms with Crippen LogP contribution in [0.1, 0.15) is 22.8 Å². The first-order valence-corrected chi connectivity index (χ1v) is 8.47. The molecule has 2 aromatic rings. The summed E-state index contributed by atoms with van der Waals surface area (Å²) in [6, 6.07) is 13.3. The SMILES string of the molecule is CNC(C)CNC(=O)c1cc(OC)c(OCc2ccccc2)c(OC)c1. The minimum Gasteiger partial charge on any atom is -0.493 e. The zero-order valence-electron chi connectivity index (χ0n) is 15.7. The fraction of sp³-hybridized carbons (Fsp3) is 0.350. The molecule has 1 amide bonds. The van der Waals surface area contributed by atoms with E-state index < -0.39 is 0 Å². The number of nitrogens with one attached hydrogen (secondary N) is 2. The molecule has 0 radical (unpaired) electrons. The van der Waals surface area contributed by atoms with Crippen molar-refractivity contribution in [3.8, 4) is 17.2 Å². The Morgan fingerprint density at radius 2 is 1.69 bits per heavy atom. The third-order valence-corrected chi connectivity index (χ3v) is 4.01. The topological polar surface area (TPSA) is 68.8 Å². The van der Waals surface area contributed by atoms with Crippen LogP contribution in [0, 0.1) is 0 Å². The summed E-state index contributed by atoms with van der Waals surface area (Å²) in [5, 5.41) is 5.95. The Morgan fingerprint density at radius 1 is 1.08 bits per heavy atom. The van der Waals surface area contributed by atoms with E-state index in [0.717, 1.165) is 5.56 Å². The fourth-order valence-electron chi connectivity index (χ4n) is 2.33. The standard InChI is InChI=1S/C20H26N2O4/c1-14(21-2)12-22-20(23)16-10-17(24-3)19(18(11-16)25-4)26-13-15-8-6-5-7-9-15/h5-11,14,21H,12-13H2,1-4H3,(H,22,23). The number of methoxy groups -OCH3 is 2. The number of hydrogen-bond donors (Lipinski definition) is 2. The Kier molecular flexibility index (Phi) is 7.29. The molecule has 6 heteroatoms. The number of ether oxygens (including phenoxy) is 3. The van der Waals surface area contributed by atoms with Gasteiger partial charge >= 0.3 is 0 Å². The van der Waals surface area contributed by atoms with Gasteiger partial charge in [0.25, 0.3) is 5.91 Å². The Balaban J connectivity index is 2.19. The second-order valence-electron chi connectivity index (χ2n) is 5.88. The van der Waals surface area contributed by atoms with Crippen molar-refractivity contribution in [1.82, 2.24) is 10.6 Å². The molecule has 0 heterocycles. The van der Waals surface area contributed by atoms with Gasteiger partial charge in [-0.1, -0.05) is 30.3 Å². The lowest BCUT2D eigenvalue weighted by molar-refractivity contribution is 0.0949. The van der Waals surface area contributed by atoms with Crippen LogP contribution >= 0.6 is 0 Å². The number of likely N-dealkylation sites (N-methyl/N-ethyl adjacent to an activating group) is 1. The largest absolute Gasteiger partial charge is 0.493 e. The second-order valence-corrected chi connectivity index (χ2v) is 5.88. The molecule has 0 saturated heterocycles. The Hall–Kier alpha value is -2.73. The lowest BCUT2D eigenvalue weighted by atomic mass is 10.1. The summed E-state index contributed by atoms with van der Waals surface area (Å²) in [4.78, 5) is 12.4. The molecule has 0 spiro atoms. The van der Waals surface area contributed by atoms with Gasteiger partial charge in [-0.25, -0.2) is 0 Å². The zero-order valence-corrected chi connectivity index (χ0v) is 15.7. The first-order chi connectivity index (χ1) is 12.6. The Morgan fingerprint density at radius 3 is 2.23 bits per heavy atom. The quantitative estimate of drug-likeness (QED) is 0.721. The van der Waals surface area contributed by atoms with Gasteiger partial charge < -0.3 is 24.8 Å². The van der Waals surface area contributed by atoms with E-state index >= 15 is 0 Å². The van der Waals surface area contributed by atoms with E-state index in [4.69, 9.17) is 14.2 Å². The van der Waals surface area contributed by atoms with Crippen LogP contribution in [0.2, 0.25) is 0 Å². The number of carbonyl (C=O) groups is 1. The molecule has 6 nitrogen and oxygen atoms in total. The molecular formula is C20H26N2O4. The minimum atomic E-state index is -0.196. The maximum atomic E-state index is 12.4. The van der Waals surface area contributed by atoms with E-state index in [1.165, 1.54) is 14.2 Å². The van der Waals surface area contributed by atoms with Crippen molar-refractivity contribution in [1.29, 1.82) is 0 Å². The summed E-state index contributed by atoms with van der Waals surface area (Å²) in [7, 11) is 4.92. The highest BCUT2D eigenvalue weighted by Gasteiger charge is 2.18. The monoisotopic (exact) mass is 358 g/mol. The number of carbonyl (C=O) groups excluding carboxylic acids is 1. The Bertz CT molecular complexity index is 694. The zero-order chi connectivity index (χ0) is 18.9. The molecule has 26 heavy (non-hydrogen) atoms.